The molecule has 1 aromatic rings. The molecule has 6 nitrogen and oxygen atoms in total. The van der Waals surface area contributed by atoms with Gasteiger partial charge in [0.2, 0.25) is 0 Å². The normalized spacial score (nSPS) is 11.7. The third kappa shape index (κ3) is 6.40. The Balaban J connectivity index is 2.26. The summed E-state index contributed by atoms with van der Waals surface area (Å²) >= 11 is 5.88. The maximum atomic E-state index is 11.6. The van der Waals surface area contributed by atoms with E-state index in [1.165, 1.54) is 0 Å². The molecule has 0 aliphatic carbocycles. The molecule has 0 heterocycles. The molecule has 7 heteroatoms. The van der Waals surface area contributed by atoms with Gasteiger partial charge in [0.05, 0.1) is 12.6 Å². The molecule has 0 fully saturated rings. The molecule has 0 aliphatic heterocycles. The van der Waals surface area contributed by atoms with Crippen molar-refractivity contribution in [3.05, 3.63) is 34.9 Å². The Labute approximate surface area is 122 Å². The van der Waals surface area contributed by atoms with Crippen molar-refractivity contribution < 1.29 is 19.4 Å². The average Bonchev–Trinajstić information content (AvgIpc) is 2.37. The molecule has 3 N–H and O–H groups in total. The van der Waals surface area contributed by atoms with E-state index >= 15 is 0 Å². The molecule has 2 amide bonds. The van der Waals surface area contributed by atoms with Gasteiger partial charge < -0.3 is 20.5 Å². The number of urea groups is 1. The van der Waals surface area contributed by atoms with Crippen LogP contribution in [0.15, 0.2) is 24.3 Å². The highest BCUT2D eigenvalue weighted by molar-refractivity contribution is 6.30. The highest BCUT2D eigenvalue weighted by Gasteiger charge is 2.09. The lowest BCUT2D eigenvalue weighted by atomic mass is 10.1. The molecule has 1 aromatic carbocycles. The summed E-state index contributed by atoms with van der Waals surface area (Å²) in [5.74, 6) is -1.04. The lowest BCUT2D eigenvalue weighted by molar-refractivity contribution is -0.142. The van der Waals surface area contributed by atoms with Gasteiger partial charge in [0.15, 0.2) is 0 Å². The van der Waals surface area contributed by atoms with Gasteiger partial charge in [-0.3, -0.25) is 0 Å². The predicted molar refractivity (Wildman–Crippen MR) is 74.9 cm³/mol. The standard InChI is InChI=1S/C13H17ClN2O4/c1-9(10-3-2-4-11(14)7-10)16-13(19)15-5-6-20-8-12(17)18/h2-4,7,9H,5-6,8H2,1H3,(H,17,18)(H2,15,16,19). The Morgan fingerprint density at radius 3 is 2.85 bits per heavy atom. The maximum absolute atomic E-state index is 11.6. The average molecular weight is 301 g/mol. The first-order chi connectivity index (χ1) is 9.49. The smallest absolute Gasteiger partial charge is 0.329 e. The van der Waals surface area contributed by atoms with Gasteiger partial charge in [0.25, 0.3) is 0 Å². The van der Waals surface area contributed by atoms with Gasteiger partial charge in [-0.2, -0.15) is 0 Å². The zero-order valence-electron chi connectivity index (χ0n) is 11.1. The van der Waals surface area contributed by atoms with Gasteiger partial charge >= 0.3 is 12.0 Å². The van der Waals surface area contributed by atoms with Crippen LogP contribution >= 0.6 is 11.6 Å². The van der Waals surface area contributed by atoms with Crippen LogP contribution in [0.2, 0.25) is 5.02 Å². The summed E-state index contributed by atoms with van der Waals surface area (Å²) < 4.78 is 4.79. The van der Waals surface area contributed by atoms with Crippen LogP contribution in [0.1, 0.15) is 18.5 Å². The number of carbonyl (C=O) groups excluding carboxylic acids is 1. The van der Waals surface area contributed by atoms with Crippen LogP contribution in [-0.4, -0.2) is 36.9 Å². The van der Waals surface area contributed by atoms with E-state index in [1.54, 1.807) is 12.1 Å². The molecule has 0 spiro atoms. The maximum Gasteiger partial charge on any atom is 0.329 e. The van der Waals surface area contributed by atoms with E-state index in [-0.39, 0.29) is 31.8 Å². The number of aliphatic carboxylic acids is 1. The van der Waals surface area contributed by atoms with Gasteiger partial charge in [-0.1, -0.05) is 23.7 Å². The first-order valence-corrected chi connectivity index (χ1v) is 6.46. The number of halogens is 1. The zero-order valence-corrected chi connectivity index (χ0v) is 11.8. The fourth-order valence-corrected chi connectivity index (χ4v) is 1.70. The Morgan fingerprint density at radius 1 is 1.45 bits per heavy atom. The number of carboxylic acid groups (broad SMARTS) is 1. The first kappa shape index (κ1) is 16.3. The molecule has 0 radical (unpaired) electrons. The van der Waals surface area contributed by atoms with Crippen molar-refractivity contribution in [1.82, 2.24) is 10.6 Å². The molecule has 0 aromatic heterocycles. The number of nitrogens with one attached hydrogen (secondary N) is 2. The highest BCUT2D eigenvalue weighted by atomic mass is 35.5. The number of hydrogen-bond acceptors (Lipinski definition) is 3. The van der Waals surface area contributed by atoms with Crippen molar-refractivity contribution in [3.63, 3.8) is 0 Å². The lowest BCUT2D eigenvalue weighted by Crippen LogP contribution is -2.38. The molecule has 0 saturated heterocycles. The fraction of sp³-hybridized carbons (Fsp3) is 0.385. The zero-order chi connectivity index (χ0) is 15.0. The minimum Gasteiger partial charge on any atom is -0.480 e. The van der Waals surface area contributed by atoms with Gasteiger partial charge in [-0.05, 0) is 24.6 Å². The third-order valence-corrected chi connectivity index (χ3v) is 2.69. The monoisotopic (exact) mass is 300 g/mol. The van der Waals surface area contributed by atoms with Crippen molar-refractivity contribution in [2.75, 3.05) is 19.8 Å². The SMILES string of the molecule is CC(NC(=O)NCCOCC(=O)O)c1cccc(Cl)c1. The van der Waals surface area contributed by atoms with Gasteiger partial charge in [-0.25, -0.2) is 9.59 Å². The van der Waals surface area contributed by atoms with E-state index in [0.29, 0.717) is 5.02 Å². The fourth-order valence-electron chi connectivity index (χ4n) is 1.50. The summed E-state index contributed by atoms with van der Waals surface area (Å²) in [7, 11) is 0. The van der Waals surface area contributed by atoms with E-state index in [1.807, 2.05) is 19.1 Å². The number of benzene rings is 1. The second-order valence-electron chi connectivity index (χ2n) is 4.12. The number of hydrogen-bond donors (Lipinski definition) is 3. The second-order valence-corrected chi connectivity index (χ2v) is 4.56. The lowest BCUT2D eigenvalue weighted by Gasteiger charge is -2.15. The van der Waals surface area contributed by atoms with Crippen molar-refractivity contribution in [1.29, 1.82) is 0 Å². The summed E-state index contributed by atoms with van der Waals surface area (Å²) in [6.45, 7) is 1.85. The Kier molecular flexibility index (Phi) is 6.83. The number of amides is 2. The van der Waals surface area contributed by atoms with Crippen LogP contribution < -0.4 is 10.6 Å². The molecule has 0 aliphatic rings. The number of rotatable bonds is 7. The first-order valence-electron chi connectivity index (χ1n) is 6.08. The van der Waals surface area contributed by atoms with Crippen LogP contribution in [0.3, 0.4) is 0 Å². The molecule has 1 unspecified atom stereocenters. The minimum absolute atomic E-state index is 0.144. The van der Waals surface area contributed by atoms with Gasteiger partial charge in [-0.15, -0.1) is 0 Å². The molecular formula is C13H17ClN2O4. The predicted octanol–water partition coefficient (Wildman–Crippen LogP) is 1.80. The van der Waals surface area contributed by atoms with Gasteiger partial charge in [0, 0.05) is 11.6 Å². The van der Waals surface area contributed by atoms with E-state index in [2.05, 4.69) is 10.6 Å². The molecule has 0 bridgehead atoms. The van der Waals surface area contributed by atoms with Crippen LogP contribution in [0.5, 0.6) is 0 Å². The number of ether oxygens (including phenoxy) is 1. The summed E-state index contributed by atoms with van der Waals surface area (Å²) in [6.07, 6.45) is 0. The van der Waals surface area contributed by atoms with Crippen LogP contribution in [-0.2, 0) is 9.53 Å². The Morgan fingerprint density at radius 2 is 2.20 bits per heavy atom. The molecule has 1 atom stereocenters. The largest absolute Gasteiger partial charge is 0.480 e. The Hall–Kier alpha value is -1.79. The van der Waals surface area contributed by atoms with Crippen LogP contribution in [0, 0.1) is 0 Å². The molecule has 20 heavy (non-hydrogen) atoms. The molecule has 1 rings (SSSR count). The van der Waals surface area contributed by atoms with E-state index in [0.717, 1.165) is 5.56 Å². The van der Waals surface area contributed by atoms with E-state index in [9.17, 15) is 9.59 Å². The summed E-state index contributed by atoms with van der Waals surface area (Å²) in [5, 5.41) is 14.3. The van der Waals surface area contributed by atoms with Crippen molar-refractivity contribution in [2.45, 2.75) is 13.0 Å². The molecule has 0 saturated carbocycles. The second kappa shape index (κ2) is 8.39. The van der Waals surface area contributed by atoms with Gasteiger partial charge in [0.1, 0.15) is 6.61 Å². The number of carbonyl (C=O) groups is 2. The minimum atomic E-state index is -1.04. The quantitative estimate of drug-likeness (QED) is 0.670. The highest BCUT2D eigenvalue weighted by Crippen LogP contribution is 2.16. The molecular weight excluding hydrogens is 284 g/mol. The van der Waals surface area contributed by atoms with E-state index < -0.39 is 5.97 Å². The Bertz CT molecular complexity index is 467. The van der Waals surface area contributed by atoms with Crippen molar-refractivity contribution in [2.24, 2.45) is 0 Å². The third-order valence-electron chi connectivity index (χ3n) is 2.45. The topological polar surface area (TPSA) is 87.7 Å². The van der Waals surface area contributed by atoms with Crippen LogP contribution in [0.25, 0.3) is 0 Å². The van der Waals surface area contributed by atoms with Crippen LogP contribution in [0.4, 0.5) is 4.79 Å². The molecule has 110 valence electrons. The summed E-state index contributed by atoms with van der Waals surface area (Å²) in [4.78, 5) is 21.8. The summed E-state index contributed by atoms with van der Waals surface area (Å²) in [5.41, 5.74) is 0.898. The van der Waals surface area contributed by atoms with Crippen molar-refractivity contribution in [3.8, 4) is 0 Å². The summed E-state index contributed by atoms with van der Waals surface area (Å²) in [6, 6.07) is 6.69. The number of carboxylic acids is 1. The van der Waals surface area contributed by atoms with E-state index in [4.69, 9.17) is 21.4 Å². The van der Waals surface area contributed by atoms with Crippen molar-refractivity contribution >= 4 is 23.6 Å².